The summed E-state index contributed by atoms with van der Waals surface area (Å²) in [5.74, 6) is 2.07. The van der Waals surface area contributed by atoms with Gasteiger partial charge in [0.15, 0.2) is 0 Å². The largest absolute Gasteiger partial charge is 0.508 e. The number of likely N-dealkylation sites (tertiary alicyclic amines) is 1. The number of carbonyl (C=O) groups excluding carboxylic acids is 1. The lowest BCUT2D eigenvalue weighted by atomic mass is 9.47. The highest BCUT2D eigenvalue weighted by atomic mass is 16.3. The first-order valence-electron chi connectivity index (χ1n) is 12.8. The molecule has 31 heavy (non-hydrogen) atoms. The van der Waals surface area contributed by atoms with Gasteiger partial charge in [0, 0.05) is 30.3 Å². The molecule has 1 heterocycles. The number of phenolic OH excluding ortho intramolecular Hbond substituents is 1. The van der Waals surface area contributed by atoms with Crippen LogP contribution in [0.3, 0.4) is 0 Å². The van der Waals surface area contributed by atoms with Crippen LogP contribution in [0.25, 0.3) is 0 Å². The predicted octanol–water partition coefficient (Wildman–Crippen LogP) is 4.35. The zero-order chi connectivity index (χ0) is 21.2. The monoisotopic (exact) mass is 423 g/mol. The van der Waals surface area contributed by atoms with Gasteiger partial charge in [0.05, 0.1) is 5.60 Å². The summed E-state index contributed by atoms with van der Waals surface area (Å²) in [6, 6.07) is 5.78. The van der Waals surface area contributed by atoms with Gasteiger partial charge >= 0.3 is 0 Å². The van der Waals surface area contributed by atoms with Gasteiger partial charge in [0.25, 0.3) is 0 Å². The minimum Gasteiger partial charge on any atom is -0.508 e. The molecule has 1 aliphatic heterocycles. The fourth-order valence-corrected chi connectivity index (χ4v) is 7.88. The molecule has 1 aromatic carbocycles. The van der Waals surface area contributed by atoms with Crippen molar-refractivity contribution >= 4 is 5.78 Å². The number of phenols is 1. The maximum atomic E-state index is 13.5. The van der Waals surface area contributed by atoms with E-state index in [0.29, 0.717) is 24.5 Å². The molecule has 0 unspecified atom stereocenters. The molecule has 4 aliphatic carbocycles. The van der Waals surface area contributed by atoms with Gasteiger partial charge in [-0.25, -0.2) is 0 Å². The molecule has 0 aromatic heterocycles. The summed E-state index contributed by atoms with van der Waals surface area (Å²) in [6.07, 6.45) is 12.8. The van der Waals surface area contributed by atoms with Crippen LogP contribution in [0.15, 0.2) is 18.2 Å². The molecule has 6 rings (SSSR count). The highest BCUT2D eigenvalue weighted by molar-refractivity contribution is 5.85. The topological polar surface area (TPSA) is 60.8 Å². The van der Waals surface area contributed by atoms with Gasteiger partial charge in [-0.3, -0.25) is 9.69 Å². The third-order valence-corrected chi connectivity index (χ3v) is 9.69. The standard InChI is InChI=1S/C27H37NO3/c29-22-9-8-20-13-25-27(31)15-21(12-18-4-2-1-3-5-18)24(30)16-26(27,23(20)14-22)10-11-28(25)17-19-6-7-19/h8-9,14,18-19,21,25,29,31H,1-7,10-13,15-17H2/t21-,25+,26+,27+/m0/s1. The molecular weight excluding hydrogens is 386 g/mol. The lowest BCUT2D eigenvalue weighted by Gasteiger charge is -2.64. The van der Waals surface area contributed by atoms with Gasteiger partial charge in [-0.15, -0.1) is 0 Å². The third kappa shape index (κ3) is 3.20. The van der Waals surface area contributed by atoms with Crippen molar-refractivity contribution in [1.29, 1.82) is 0 Å². The first-order valence-corrected chi connectivity index (χ1v) is 12.8. The number of hydrogen-bond donors (Lipinski definition) is 2. The SMILES string of the molecule is O=C1C[C@]23CCN(CC4CC4)[C@H](Cc4ccc(O)cc42)[C@]3(O)C[C@@H]1CC1CCCCC1. The lowest BCUT2D eigenvalue weighted by molar-refractivity contribution is -0.183. The smallest absolute Gasteiger partial charge is 0.137 e. The number of piperidine rings is 1. The highest BCUT2D eigenvalue weighted by Crippen LogP contribution is 2.59. The summed E-state index contributed by atoms with van der Waals surface area (Å²) in [5.41, 5.74) is 0.895. The van der Waals surface area contributed by atoms with Crippen LogP contribution in [0.4, 0.5) is 0 Å². The van der Waals surface area contributed by atoms with E-state index in [4.69, 9.17) is 0 Å². The molecule has 4 heteroatoms. The number of aliphatic hydroxyl groups is 1. The fourth-order valence-electron chi connectivity index (χ4n) is 7.88. The zero-order valence-corrected chi connectivity index (χ0v) is 18.7. The number of ketones is 1. The Labute approximate surface area is 186 Å². The average Bonchev–Trinajstić information content (AvgIpc) is 3.57. The Morgan fingerprint density at radius 3 is 2.65 bits per heavy atom. The molecule has 2 N–H and O–H groups in total. The lowest BCUT2D eigenvalue weighted by Crippen LogP contribution is -2.74. The van der Waals surface area contributed by atoms with Gasteiger partial charge in [0.1, 0.15) is 11.5 Å². The van der Waals surface area contributed by atoms with Crippen molar-refractivity contribution < 1.29 is 15.0 Å². The molecule has 4 atom stereocenters. The minimum atomic E-state index is -0.867. The summed E-state index contributed by atoms with van der Waals surface area (Å²) in [4.78, 5) is 16.1. The maximum Gasteiger partial charge on any atom is 0.137 e. The van der Waals surface area contributed by atoms with E-state index in [9.17, 15) is 15.0 Å². The van der Waals surface area contributed by atoms with E-state index in [1.54, 1.807) is 6.07 Å². The van der Waals surface area contributed by atoms with E-state index in [-0.39, 0.29) is 17.7 Å². The van der Waals surface area contributed by atoms with Gasteiger partial charge in [-0.05, 0) is 80.2 Å². The van der Waals surface area contributed by atoms with Crippen molar-refractivity contribution in [3.05, 3.63) is 29.3 Å². The van der Waals surface area contributed by atoms with E-state index in [2.05, 4.69) is 4.90 Å². The first-order chi connectivity index (χ1) is 15.0. The van der Waals surface area contributed by atoms with Crippen LogP contribution < -0.4 is 0 Å². The average molecular weight is 424 g/mol. The van der Waals surface area contributed by atoms with Gasteiger partial charge < -0.3 is 10.2 Å². The third-order valence-electron chi connectivity index (χ3n) is 9.69. The first kappa shape index (κ1) is 20.2. The molecule has 5 aliphatic rings. The van der Waals surface area contributed by atoms with Crippen LogP contribution in [0.5, 0.6) is 5.75 Å². The quantitative estimate of drug-likeness (QED) is 0.756. The van der Waals surface area contributed by atoms with Crippen LogP contribution in [-0.4, -0.2) is 45.6 Å². The van der Waals surface area contributed by atoms with Crippen molar-refractivity contribution in [2.75, 3.05) is 13.1 Å². The molecule has 1 aromatic rings. The second-order valence-corrected chi connectivity index (χ2v) is 11.5. The number of benzene rings is 1. The van der Waals surface area contributed by atoms with Crippen molar-refractivity contribution in [3.63, 3.8) is 0 Å². The number of carbonyl (C=O) groups is 1. The van der Waals surface area contributed by atoms with Crippen LogP contribution in [0.2, 0.25) is 0 Å². The molecule has 1 saturated heterocycles. The Balaban J connectivity index is 1.38. The van der Waals surface area contributed by atoms with E-state index < -0.39 is 11.0 Å². The van der Waals surface area contributed by atoms with Crippen LogP contribution in [0, 0.1) is 17.8 Å². The van der Waals surface area contributed by atoms with Crippen LogP contribution in [-0.2, 0) is 16.6 Å². The van der Waals surface area contributed by atoms with Crippen LogP contribution in [0.1, 0.15) is 81.8 Å². The summed E-state index contributed by atoms with van der Waals surface area (Å²) in [7, 11) is 0. The van der Waals surface area contributed by atoms with E-state index in [1.165, 1.54) is 50.5 Å². The highest BCUT2D eigenvalue weighted by Gasteiger charge is 2.66. The predicted molar refractivity (Wildman–Crippen MR) is 120 cm³/mol. The van der Waals surface area contributed by atoms with Gasteiger partial charge in [0.2, 0.25) is 0 Å². The Morgan fingerprint density at radius 1 is 1.06 bits per heavy atom. The Morgan fingerprint density at radius 2 is 1.87 bits per heavy atom. The fraction of sp³-hybridized carbons (Fsp3) is 0.741. The molecule has 0 spiro atoms. The number of aromatic hydroxyl groups is 1. The Kier molecular flexibility index (Phi) is 4.77. The number of hydrogen-bond acceptors (Lipinski definition) is 4. The van der Waals surface area contributed by atoms with E-state index in [1.807, 2.05) is 12.1 Å². The molecule has 0 amide bonds. The summed E-state index contributed by atoms with van der Waals surface area (Å²) < 4.78 is 0. The summed E-state index contributed by atoms with van der Waals surface area (Å²) >= 11 is 0. The number of Topliss-reactive ketones (excluding diaryl/α,β-unsaturated/α-hetero) is 1. The molecule has 0 radical (unpaired) electrons. The molecule has 4 fully saturated rings. The molecular formula is C27H37NO3. The maximum absolute atomic E-state index is 13.5. The molecule has 3 saturated carbocycles. The number of fused-ring (bicyclic) bond motifs is 1. The minimum absolute atomic E-state index is 0.00320. The van der Waals surface area contributed by atoms with E-state index >= 15 is 0 Å². The van der Waals surface area contributed by atoms with Gasteiger partial charge in [-0.2, -0.15) is 0 Å². The van der Waals surface area contributed by atoms with Crippen molar-refractivity contribution in [2.24, 2.45) is 17.8 Å². The van der Waals surface area contributed by atoms with Crippen molar-refractivity contribution in [1.82, 2.24) is 4.90 Å². The summed E-state index contributed by atoms with van der Waals surface area (Å²) in [6.45, 7) is 2.05. The zero-order valence-electron chi connectivity index (χ0n) is 18.7. The van der Waals surface area contributed by atoms with Crippen molar-refractivity contribution in [2.45, 2.75) is 94.1 Å². The summed E-state index contributed by atoms with van der Waals surface area (Å²) in [5, 5.41) is 22.8. The number of nitrogens with zero attached hydrogens (tertiary/aromatic N) is 1. The Hall–Kier alpha value is -1.39. The van der Waals surface area contributed by atoms with Gasteiger partial charge in [-0.1, -0.05) is 38.2 Å². The molecule has 2 bridgehead atoms. The normalized spacial score (nSPS) is 38.5. The molecule has 168 valence electrons. The second kappa shape index (κ2) is 7.31. The second-order valence-electron chi connectivity index (χ2n) is 11.5. The number of rotatable bonds is 4. The molecule has 4 nitrogen and oxygen atoms in total. The van der Waals surface area contributed by atoms with E-state index in [0.717, 1.165) is 43.8 Å². The Bertz CT molecular complexity index is 873. The van der Waals surface area contributed by atoms with Crippen LogP contribution >= 0.6 is 0 Å². The van der Waals surface area contributed by atoms with Crippen molar-refractivity contribution in [3.8, 4) is 5.75 Å².